The number of alkyl halides is 3. The second-order valence-electron chi connectivity index (χ2n) is 7.34. The van der Waals surface area contributed by atoms with Crippen molar-refractivity contribution in [2.75, 3.05) is 11.9 Å². The Hall–Kier alpha value is -2.91. The number of rotatable bonds is 2. The quantitative estimate of drug-likeness (QED) is 0.830. The zero-order valence-electron chi connectivity index (χ0n) is 15.7. The van der Waals surface area contributed by atoms with E-state index >= 15 is 0 Å². The molecule has 0 unspecified atom stereocenters. The van der Waals surface area contributed by atoms with Crippen LogP contribution in [0.25, 0.3) is 0 Å². The van der Waals surface area contributed by atoms with Crippen LogP contribution in [0, 0.1) is 0 Å². The number of halogens is 3. The molecule has 28 heavy (non-hydrogen) atoms. The molecule has 0 aliphatic carbocycles. The average Bonchev–Trinajstić information content (AvgIpc) is 2.59. The maximum Gasteiger partial charge on any atom is 0.418 e. The molecule has 1 amide bonds. The van der Waals surface area contributed by atoms with Crippen LogP contribution in [0.4, 0.5) is 29.5 Å². The Morgan fingerprint density at radius 2 is 2.00 bits per heavy atom. The van der Waals surface area contributed by atoms with Gasteiger partial charge in [0.1, 0.15) is 17.7 Å². The van der Waals surface area contributed by atoms with Crippen LogP contribution >= 0.6 is 0 Å². The van der Waals surface area contributed by atoms with E-state index in [1.807, 2.05) is 0 Å². The summed E-state index contributed by atoms with van der Waals surface area (Å²) < 4.78 is 45.0. The van der Waals surface area contributed by atoms with E-state index in [1.165, 1.54) is 11.2 Å². The largest absolute Gasteiger partial charge is 0.444 e. The number of carbonyl (C=O) groups is 1. The first-order valence-corrected chi connectivity index (χ1v) is 8.63. The number of ether oxygens (including phenoxy) is 1. The van der Waals surface area contributed by atoms with Crippen LogP contribution in [0.3, 0.4) is 0 Å². The van der Waals surface area contributed by atoms with Crippen LogP contribution in [-0.2, 0) is 23.9 Å². The molecule has 1 aliphatic heterocycles. The summed E-state index contributed by atoms with van der Waals surface area (Å²) in [5.74, 6) is 0.271. The van der Waals surface area contributed by atoms with Crippen LogP contribution < -0.4 is 5.32 Å². The smallest absolute Gasteiger partial charge is 0.418 e. The minimum Gasteiger partial charge on any atom is -0.444 e. The minimum absolute atomic E-state index is 0.189. The molecule has 3 heterocycles. The number of pyridine rings is 1. The average molecular weight is 395 g/mol. The van der Waals surface area contributed by atoms with E-state index in [0.29, 0.717) is 24.2 Å². The first-order chi connectivity index (χ1) is 13.0. The van der Waals surface area contributed by atoms with Crippen LogP contribution in [0.15, 0.2) is 24.8 Å². The van der Waals surface area contributed by atoms with E-state index in [0.717, 1.165) is 18.5 Å². The Balaban J connectivity index is 1.84. The number of hydrogen-bond acceptors (Lipinski definition) is 6. The third-order valence-corrected chi connectivity index (χ3v) is 4.04. The van der Waals surface area contributed by atoms with Crippen molar-refractivity contribution >= 4 is 17.6 Å². The van der Waals surface area contributed by atoms with Crippen molar-refractivity contribution in [3.63, 3.8) is 0 Å². The number of nitrogens with one attached hydrogen (secondary N) is 1. The molecule has 0 radical (unpaired) electrons. The third-order valence-electron chi connectivity index (χ3n) is 4.04. The van der Waals surface area contributed by atoms with Crippen LogP contribution in [-0.4, -0.2) is 38.1 Å². The van der Waals surface area contributed by atoms with Gasteiger partial charge in [-0.15, -0.1) is 0 Å². The zero-order valence-corrected chi connectivity index (χ0v) is 15.7. The highest BCUT2D eigenvalue weighted by Crippen LogP contribution is 2.36. The molecule has 2 aromatic heterocycles. The van der Waals surface area contributed by atoms with E-state index in [9.17, 15) is 18.0 Å². The number of fused-ring (bicyclic) bond motifs is 1. The summed E-state index contributed by atoms with van der Waals surface area (Å²) in [6.07, 6.45) is -1.15. The van der Waals surface area contributed by atoms with Gasteiger partial charge in [-0.05, 0) is 33.3 Å². The summed E-state index contributed by atoms with van der Waals surface area (Å²) in [6, 6.07) is 0.903. The Morgan fingerprint density at radius 1 is 1.25 bits per heavy atom. The van der Waals surface area contributed by atoms with E-state index in [1.54, 1.807) is 20.8 Å². The molecule has 0 saturated carbocycles. The lowest BCUT2D eigenvalue weighted by Gasteiger charge is -2.31. The fourth-order valence-electron chi connectivity index (χ4n) is 2.81. The molecular weight excluding hydrogens is 375 g/mol. The first-order valence-electron chi connectivity index (χ1n) is 8.63. The highest BCUT2D eigenvalue weighted by atomic mass is 19.4. The van der Waals surface area contributed by atoms with Crippen molar-refractivity contribution in [2.24, 2.45) is 0 Å². The third kappa shape index (κ3) is 4.49. The standard InChI is InChI=1S/C18H20F3N5O2/c1-17(2,3)28-16(27)26-7-5-11-14(9-26)23-10-24-15(11)25-13-8-22-6-4-12(13)18(19,20)21/h4,6,8,10H,5,7,9H2,1-3H3,(H,23,24,25). The molecule has 2 aromatic rings. The summed E-state index contributed by atoms with van der Waals surface area (Å²) >= 11 is 0. The molecule has 0 saturated heterocycles. The predicted molar refractivity (Wildman–Crippen MR) is 94.9 cm³/mol. The van der Waals surface area contributed by atoms with Gasteiger partial charge in [0.25, 0.3) is 0 Å². The van der Waals surface area contributed by atoms with E-state index in [-0.39, 0.29) is 18.1 Å². The second-order valence-corrected chi connectivity index (χ2v) is 7.34. The molecule has 0 spiro atoms. The van der Waals surface area contributed by atoms with Crippen LogP contribution in [0.2, 0.25) is 0 Å². The highest BCUT2D eigenvalue weighted by molar-refractivity contribution is 5.69. The van der Waals surface area contributed by atoms with Gasteiger partial charge in [0.05, 0.1) is 29.7 Å². The van der Waals surface area contributed by atoms with Crippen molar-refractivity contribution in [1.29, 1.82) is 0 Å². The molecule has 0 bridgehead atoms. The molecule has 10 heteroatoms. The lowest BCUT2D eigenvalue weighted by Crippen LogP contribution is -2.40. The number of nitrogens with zero attached hydrogens (tertiary/aromatic N) is 4. The summed E-state index contributed by atoms with van der Waals surface area (Å²) in [7, 11) is 0. The molecule has 0 atom stereocenters. The molecule has 7 nitrogen and oxygen atoms in total. The van der Waals surface area contributed by atoms with Gasteiger partial charge in [0.2, 0.25) is 0 Å². The normalized spacial score (nSPS) is 14.4. The summed E-state index contributed by atoms with van der Waals surface area (Å²) in [4.78, 5) is 25.8. The number of hydrogen-bond donors (Lipinski definition) is 1. The van der Waals surface area contributed by atoms with E-state index < -0.39 is 23.4 Å². The SMILES string of the molecule is CC(C)(C)OC(=O)N1CCc2c(ncnc2Nc2cnccc2C(F)(F)F)C1. The van der Waals surface area contributed by atoms with Crippen molar-refractivity contribution in [2.45, 2.75) is 45.5 Å². The maximum atomic E-state index is 13.2. The molecule has 1 aliphatic rings. The van der Waals surface area contributed by atoms with Gasteiger partial charge >= 0.3 is 12.3 Å². The van der Waals surface area contributed by atoms with Gasteiger partial charge < -0.3 is 15.0 Å². The second kappa shape index (κ2) is 7.25. The Kier molecular flexibility index (Phi) is 5.14. The zero-order chi connectivity index (χ0) is 20.5. The molecule has 1 N–H and O–H groups in total. The van der Waals surface area contributed by atoms with Gasteiger partial charge in [0, 0.05) is 18.3 Å². The number of amides is 1. The van der Waals surface area contributed by atoms with Gasteiger partial charge in [-0.25, -0.2) is 14.8 Å². The van der Waals surface area contributed by atoms with Crippen molar-refractivity contribution in [1.82, 2.24) is 19.9 Å². The Bertz CT molecular complexity index is 880. The summed E-state index contributed by atoms with van der Waals surface area (Å²) in [5, 5.41) is 2.72. The first kappa shape index (κ1) is 19.8. The summed E-state index contributed by atoms with van der Waals surface area (Å²) in [6.45, 7) is 5.88. The predicted octanol–water partition coefficient (Wildman–Crippen LogP) is 3.93. The van der Waals surface area contributed by atoms with Crippen LogP contribution in [0.5, 0.6) is 0 Å². The number of carbonyl (C=O) groups excluding carboxylic acids is 1. The molecule has 3 rings (SSSR count). The summed E-state index contributed by atoms with van der Waals surface area (Å²) in [5.41, 5.74) is -0.415. The molecule has 0 aromatic carbocycles. The van der Waals surface area contributed by atoms with E-state index in [2.05, 4.69) is 20.3 Å². The lowest BCUT2D eigenvalue weighted by atomic mass is 10.1. The van der Waals surface area contributed by atoms with Gasteiger partial charge in [-0.2, -0.15) is 13.2 Å². The van der Waals surface area contributed by atoms with Crippen LogP contribution in [0.1, 0.15) is 37.6 Å². The fourth-order valence-corrected chi connectivity index (χ4v) is 2.81. The highest BCUT2D eigenvalue weighted by Gasteiger charge is 2.34. The molecule has 0 fully saturated rings. The van der Waals surface area contributed by atoms with Gasteiger partial charge in [-0.1, -0.05) is 0 Å². The monoisotopic (exact) mass is 395 g/mol. The van der Waals surface area contributed by atoms with Crippen molar-refractivity contribution in [3.8, 4) is 0 Å². The van der Waals surface area contributed by atoms with Crippen molar-refractivity contribution < 1.29 is 22.7 Å². The van der Waals surface area contributed by atoms with Crippen molar-refractivity contribution in [3.05, 3.63) is 41.6 Å². The fraction of sp³-hybridized carbons (Fsp3) is 0.444. The maximum absolute atomic E-state index is 13.2. The lowest BCUT2D eigenvalue weighted by molar-refractivity contribution is -0.137. The molecule has 150 valence electrons. The molecular formula is C18H20F3N5O2. The van der Waals surface area contributed by atoms with E-state index in [4.69, 9.17) is 4.74 Å². The number of aromatic nitrogens is 3. The number of anilines is 2. The van der Waals surface area contributed by atoms with Gasteiger partial charge in [-0.3, -0.25) is 4.98 Å². The Labute approximate surface area is 160 Å². The minimum atomic E-state index is -4.52. The van der Waals surface area contributed by atoms with Gasteiger partial charge in [0.15, 0.2) is 0 Å². The Morgan fingerprint density at radius 3 is 2.68 bits per heavy atom. The topological polar surface area (TPSA) is 80.2 Å².